The average Bonchev–Trinajstić information content (AvgIpc) is 2.89. The van der Waals surface area contributed by atoms with Gasteiger partial charge in [-0.25, -0.2) is 4.98 Å². The van der Waals surface area contributed by atoms with Gasteiger partial charge < -0.3 is 4.57 Å². The largest absolute Gasteiger partial charge is 0.328 e. The first kappa shape index (κ1) is 14.5. The number of hydrogen-bond donors (Lipinski definition) is 0. The summed E-state index contributed by atoms with van der Waals surface area (Å²) >= 11 is 0. The van der Waals surface area contributed by atoms with Crippen molar-refractivity contribution in [3.05, 3.63) is 53.7 Å². The molecule has 0 N–H and O–H groups in total. The number of nitrogens with zero attached hydrogens (tertiary/aromatic N) is 2. The van der Waals surface area contributed by atoms with E-state index in [1.54, 1.807) is 0 Å². The Morgan fingerprint density at radius 2 is 1.70 bits per heavy atom. The topological polar surface area (TPSA) is 17.8 Å². The molecule has 1 aliphatic carbocycles. The molecule has 0 saturated heterocycles. The number of aromatic nitrogens is 2. The summed E-state index contributed by atoms with van der Waals surface area (Å²) in [6, 6.07) is 15.3. The van der Waals surface area contributed by atoms with Crippen molar-refractivity contribution in [3.63, 3.8) is 0 Å². The van der Waals surface area contributed by atoms with Crippen LogP contribution < -0.4 is 0 Å². The van der Waals surface area contributed by atoms with E-state index < -0.39 is 0 Å². The molecule has 0 bridgehead atoms. The van der Waals surface area contributed by atoms with Gasteiger partial charge in [0.05, 0.1) is 5.69 Å². The minimum absolute atomic E-state index is 0.673. The fourth-order valence-electron chi connectivity index (χ4n) is 4.17. The number of fused-ring (bicyclic) bond motifs is 1. The quantitative estimate of drug-likeness (QED) is 0.603. The first-order valence-corrected chi connectivity index (χ1v) is 8.77. The van der Waals surface area contributed by atoms with Gasteiger partial charge in [0, 0.05) is 18.1 Å². The zero-order chi connectivity index (χ0) is 15.8. The van der Waals surface area contributed by atoms with Crippen LogP contribution in [-0.2, 0) is 7.05 Å². The van der Waals surface area contributed by atoms with Gasteiger partial charge >= 0.3 is 0 Å². The average molecular weight is 304 g/mol. The molecule has 3 aromatic rings. The van der Waals surface area contributed by atoms with Gasteiger partial charge in [-0.1, -0.05) is 49.6 Å². The first-order chi connectivity index (χ1) is 11.3. The molecule has 23 heavy (non-hydrogen) atoms. The third kappa shape index (κ3) is 2.46. The highest BCUT2D eigenvalue weighted by Gasteiger charge is 2.25. The monoisotopic (exact) mass is 304 g/mol. The van der Waals surface area contributed by atoms with Crippen LogP contribution in [0.2, 0.25) is 0 Å². The summed E-state index contributed by atoms with van der Waals surface area (Å²) in [5.41, 5.74) is 6.43. The van der Waals surface area contributed by atoms with Crippen LogP contribution in [-0.4, -0.2) is 9.55 Å². The Bertz CT molecular complexity index is 824. The number of pyridine rings is 1. The maximum atomic E-state index is 4.84. The molecule has 0 amide bonds. The van der Waals surface area contributed by atoms with Crippen LogP contribution in [0.4, 0.5) is 0 Å². The summed E-state index contributed by atoms with van der Waals surface area (Å²) in [6.45, 7) is 2.08. The second-order valence-electron chi connectivity index (χ2n) is 6.85. The Labute approximate surface area is 138 Å². The maximum absolute atomic E-state index is 4.84. The smallest absolute Gasteiger partial charge is 0.140 e. The molecular weight excluding hydrogens is 280 g/mol. The van der Waals surface area contributed by atoms with Crippen molar-refractivity contribution in [1.82, 2.24) is 9.55 Å². The molecule has 1 saturated carbocycles. The molecule has 2 heteroatoms. The summed E-state index contributed by atoms with van der Waals surface area (Å²) in [7, 11) is 2.17. The molecule has 0 atom stereocenters. The van der Waals surface area contributed by atoms with E-state index in [1.807, 2.05) is 0 Å². The fraction of sp³-hybridized carbons (Fsp3) is 0.381. The molecule has 0 radical (unpaired) electrons. The van der Waals surface area contributed by atoms with Gasteiger partial charge in [-0.2, -0.15) is 0 Å². The van der Waals surface area contributed by atoms with E-state index in [-0.39, 0.29) is 0 Å². The second-order valence-corrected chi connectivity index (χ2v) is 6.85. The standard InChI is InChI=1S/C21H24N2/c1-15-13-14-18-19(16-9-5-3-6-10-16)20(23(2)21(18)22-15)17-11-7-4-8-12-17/h4,7-8,11-14,16H,3,5-6,9-10H2,1-2H3. The second kappa shape index (κ2) is 5.84. The summed E-state index contributed by atoms with van der Waals surface area (Å²) in [5.74, 6) is 0.673. The zero-order valence-corrected chi connectivity index (χ0v) is 14.0. The van der Waals surface area contributed by atoms with Crippen molar-refractivity contribution >= 4 is 11.0 Å². The van der Waals surface area contributed by atoms with E-state index in [0.717, 1.165) is 11.3 Å². The molecule has 1 fully saturated rings. The van der Waals surface area contributed by atoms with E-state index in [1.165, 1.54) is 54.3 Å². The van der Waals surface area contributed by atoms with Gasteiger partial charge in [-0.05, 0) is 48.9 Å². The molecule has 2 nitrogen and oxygen atoms in total. The lowest BCUT2D eigenvalue weighted by atomic mass is 9.82. The zero-order valence-electron chi connectivity index (χ0n) is 14.0. The maximum Gasteiger partial charge on any atom is 0.140 e. The lowest BCUT2D eigenvalue weighted by molar-refractivity contribution is 0.446. The Kier molecular flexibility index (Phi) is 3.68. The van der Waals surface area contributed by atoms with E-state index in [9.17, 15) is 0 Å². The summed E-state index contributed by atoms with van der Waals surface area (Å²) in [6.07, 6.45) is 6.72. The minimum atomic E-state index is 0.673. The van der Waals surface area contributed by atoms with E-state index in [0.29, 0.717) is 5.92 Å². The van der Waals surface area contributed by atoms with Crippen LogP contribution in [0.1, 0.15) is 49.3 Å². The Morgan fingerprint density at radius 1 is 0.957 bits per heavy atom. The van der Waals surface area contributed by atoms with Crippen molar-refractivity contribution in [3.8, 4) is 11.3 Å². The molecule has 4 rings (SSSR count). The molecule has 1 aliphatic rings. The van der Waals surface area contributed by atoms with Crippen molar-refractivity contribution in [2.24, 2.45) is 7.05 Å². The van der Waals surface area contributed by atoms with Gasteiger partial charge in [0.1, 0.15) is 5.65 Å². The predicted molar refractivity (Wildman–Crippen MR) is 96.7 cm³/mol. The summed E-state index contributed by atoms with van der Waals surface area (Å²) in [5, 5.41) is 1.35. The number of aryl methyl sites for hydroxylation is 2. The molecule has 1 aromatic carbocycles. The molecule has 2 heterocycles. The van der Waals surface area contributed by atoms with E-state index in [2.05, 4.69) is 61.0 Å². The first-order valence-electron chi connectivity index (χ1n) is 8.77. The highest BCUT2D eigenvalue weighted by molar-refractivity contribution is 5.90. The third-order valence-corrected chi connectivity index (χ3v) is 5.27. The Hall–Kier alpha value is -2.09. The highest BCUT2D eigenvalue weighted by atomic mass is 15.0. The van der Waals surface area contributed by atoms with Crippen LogP contribution in [0.5, 0.6) is 0 Å². The lowest BCUT2D eigenvalue weighted by Crippen LogP contribution is -2.06. The Balaban J connectivity index is 2.00. The highest BCUT2D eigenvalue weighted by Crippen LogP contribution is 2.43. The summed E-state index contributed by atoms with van der Waals surface area (Å²) in [4.78, 5) is 4.84. The third-order valence-electron chi connectivity index (χ3n) is 5.27. The van der Waals surface area contributed by atoms with Crippen molar-refractivity contribution in [1.29, 1.82) is 0 Å². The molecule has 0 spiro atoms. The number of hydrogen-bond acceptors (Lipinski definition) is 1. The minimum Gasteiger partial charge on any atom is -0.328 e. The van der Waals surface area contributed by atoms with Gasteiger partial charge in [0.25, 0.3) is 0 Å². The number of benzene rings is 1. The van der Waals surface area contributed by atoms with Crippen molar-refractivity contribution in [2.45, 2.75) is 44.9 Å². The van der Waals surface area contributed by atoms with Gasteiger partial charge in [0.2, 0.25) is 0 Å². The molecule has 2 aromatic heterocycles. The van der Waals surface area contributed by atoms with Crippen molar-refractivity contribution < 1.29 is 0 Å². The Morgan fingerprint density at radius 3 is 2.43 bits per heavy atom. The lowest BCUT2D eigenvalue weighted by Gasteiger charge is -2.23. The van der Waals surface area contributed by atoms with Gasteiger partial charge in [-0.15, -0.1) is 0 Å². The predicted octanol–water partition coefficient (Wildman–Crippen LogP) is 5.60. The molecule has 0 unspecified atom stereocenters. The van der Waals surface area contributed by atoms with Gasteiger partial charge in [-0.3, -0.25) is 0 Å². The van der Waals surface area contributed by atoms with Gasteiger partial charge in [0.15, 0.2) is 0 Å². The molecule has 0 aliphatic heterocycles. The molecule has 118 valence electrons. The van der Waals surface area contributed by atoms with Crippen LogP contribution >= 0.6 is 0 Å². The van der Waals surface area contributed by atoms with E-state index in [4.69, 9.17) is 4.98 Å². The van der Waals surface area contributed by atoms with Crippen LogP contribution in [0.3, 0.4) is 0 Å². The van der Waals surface area contributed by atoms with Crippen LogP contribution in [0.15, 0.2) is 42.5 Å². The SMILES string of the molecule is Cc1ccc2c(C3CCCCC3)c(-c3ccccc3)n(C)c2n1. The number of rotatable bonds is 2. The normalized spacial score (nSPS) is 16.1. The molecular formula is C21H24N2. The van der Waals surface area contributed by atoms with E-state index >= 15 is 0 Å². The van der Waals surface area contributed by atoms with Crippen LogP contribution in [0, 0.1) is 6.92 Å². The summed E-state index contributed by atoms with van der Waals surface area (Å²) < 4.78 is 2.31. The van der Waals surface area contributed by atoms with Crippen LogP contribution in [0.25, 0.3) is 22.3 Å². The van der Waals surface area contributed by atoms with Crippen molar-refractivity contribution in [2.75, 3.05) is 0 Å². The fourth-order valence-corrected chi connectivity index (χ4v) is 4.17.